The van der Waals surface area contributed by atoms with Crippen LogP contribution in [0.25, 0.3) is 0 Å². The molecule has 0 aliphatic carbocycles. The van der Waals surface area contributed by atoms with Gasteiger partial charge in [0.2, 0.25) is 0 Å². The molecule has 2 aromatic carbocycles. The highest BCUT2D eigenvalue weighted by Crippen LogP contribution is 2.19. The van der Waals surface area contributed by atoms with Crippen LogP contribution < -0.4 is 10.5 Å². The van der Waals surface area contributed by atoms with Gasteiger partial charge in [-0.3, -0.25) is 0 Å². The van der Waals surface area contributed by atoms with E-state index in [9.17, 15) is 4.39 Å². The van der Waals surface area contributed by atoms with Gasteiger partial charge in [-0.2, -0.15) is 5.26 Å². The van der Waals surface area contributed by atoms with Gasteiger partial charge in [0, 0.05) is 0 Å². The van der Waals surface area contributed by atoms with Gasteiger partial charge in [0.25, 0.3) is 0 Å². The molecule has 3 nitrogen and oxygen atoms in total. The van der Waals surface area contributed by atoms with Crippen molar-refractivity contribution in [1.82, 2.24) is 0 Å². The zero-order valence-electron chi connectivity index (χ0n) is 11.3. The fraction of sp³-hybridized carbons (Fsp3) is 0.118. The first-order valence-corrected chi connectivity index (χ1v) is 6.33. The molecule has 4 heteroatoms. The second-order valence-electron chi connectivity index (χ2n) is 4.25. The van der Waals surface area contributed by atoms with Gasteiger partial charge in [-0.05, 0) is 35.9 Å². The maximum atomic E-state index is 13.3. The first-order chi connectivity index (χ1) is 10.2. The molecule has 0 unspecified atom stereocenters. The molecule has 0 spiro atoms. The molecule has 0 aromatic heterocycles. The van der Waals surface area contributed by atoms with Gasteiger partial charge in [-0.1, -0.05) is 24.0 Å². The topological polar surface area (TPSA) is 59.0 Å². The van der Waals surface area contributed by atoms with Crippen molar-refractivity contribution in [2.24, 2.45) is 5.73 Å². The number of nitriles is 1. The van der Waals surface area contributed by atoms with E-state index in [2.05, 4.69) is 11.8 Å². The van der Waals surface area contributed by atoms with E-state index < -0.39 is 5.82 Å². The van der Waals surface area contributed by atoms with Crippen LogP contribution in [-0.2, 0) is 6.61 Å². The minimum absolute atomic E-state index is 0.160. The van der Waals surface area contributed by atoms with Crippen molar-refractivity contribution in [2.75, 3.05) is 6.54 Å². The second kappa shape index (κ2) is 7.09. The Labute approximate surface area is 122 Å². The number of ether oxygens (including phenoxy) is 1. The van der Waals surface area contributed by atoms with Crippen LogP contribution in [0, 0.1) is 29.0 Å². The number of nitrogens with zero attached hydrogens (tertiary/aromatic N) is 1. The highest BCUT2D eigenvalue weighted by molar-refractivity contribution is 5.46. The summed E-state index contributed by atoms with van der Waals surface area (Å²) in [7, 11) is 0. The van der Waals surface area contributed by atoms with Crippen molar-refractivity contribution in [3.63, 3.8) is 0 Å². The van der Waals surface area contributed by atoms with E-state index in [1.165, 1.54) is 12.1 Å². The van der Waals surface area contributed by atoms with Crippen molar-refractivity contribution in [3.05, 3.63) is 65.0 Å². The zero-order chi connectivity index (χ0) is 15.1. The van der Waals surface area contributed by atoms with E-state index in [-0.39, 0.29) is 18.7 Å². The molecule has 0 heterocycles. The lowest BCUT2D eigenvalue weighted by atomic mass is 10.1. The first-order valence-electron chi connectivity index (χ1n) is 6.33. The van der Waals surface area contributed by atoms with Gasteiger partial charge in [0.15, 0.2) is 0 Å². The Morgan fingerprint density at radius 2 is 2.00 bits per heavy atom. The Hall–Kier alpha value is -2.82. The highest BCUT2D eigenvalue weighted by Gasteiger charge is 2.04. The molecule has 0 saturated heterocycles. The van der Waals surface area contributed by atoms with Crippen molar-refractivity contribution >= 4 is 0 Å². The van der Waals surface area contributed by atoms with E-state index in [4.69, 9.17) is 15.7 Å². The van der Waals surface area contributed by atoms with E-state index in [1.807, 2.05) is 24.3 Å². The molecular formula is C17H13FN2O. The molecule has 0 saturated carbocycles. The van der Waals surface area contributed by atoms with Crippen LogP contribution in [0.1, 0.15) is 16.7 Å². The smallest absolute Gasteiger partial charge is 0.135 e. The van der Waals surface area contributed by atoms with Gasteiger partial charge in [0.05, 0.1) is 23.7 Å². The molecule has 0 aliphatic rings. The minimum Gasteiger partial charge on any atom is -0.488 e. The summed E-state index contributed by atoms with van der Waals surface area (Å²) in [6.07, 6.45) is 0. The molecule has 0 bridgehead atoms. The number of rotatable bonds is 3. The summed E-state index contributed by atoms with van der Waals surface area (Å²) in [4.78, 5) is 0. The minimum atomic E-state index is -0.455. The fourth-order valence-electron chi connectivity index (χ4n) is 1.80. The van der Waals surface area contributed by atoms with Gasteiger partial charge in [-0.15, -0.1) is 0 Å². The SMILES string of the molecule is N#Cc1cc(F)cc(COc2ccccc2C#CCN)c1. The third kappa shape index (κ3) is 4.07. The largest absolute Gasteiger partial charge is 0.488 e. The first kappa shape index (κ1) is 14.6. The quantitative estimate of drug-likeness (QED) is 0.879. The third-order valence-corrected chi connectivity index (χ3v) is 2.69. The van der Waals surface area contributed by atoms with Gasteiger partial charge < -0.3 is 10.5 Å². The van der Waals surface area contributed by atoms with E-state index in [0.717, 1.165) is 5.56 Å². The lowest BCUT2D eigenvalue weighted by Crippen LogP contribution is -1.99. The van der Waals surface area contributed by atoms with Crippen LogP contribution in [0.2, 0.25) is 0 Å². The Kier molecular flexibility index (Phi) is 4.93. The summed E-state index contributed by atoms with van der Waals surface area (Å²) in [5.41, 5.74) is 6.93. The predicted molar refractivity (Wildman–Crippen MR) is 77.8 cm³/mol. The van der Waals surface area contributed by atoms with Crippen molar-refractivity contribution in [2.45, 2.75) is 6.61 Å². The summed E-state index contributed by atoms with van der Waals surface area (Å²) in [5.74, 6) is 5.83. The summed E-state index contributed by atoms with van der Waals surface area (Å²) in [6, 6.07) is 13.3. The molecular weight excluding hydrogens is 267 g/mol. The van der Waals surface area contributed by atoms with Crippen LogP contribution in [0.5, 0.6) is 5.75 Å². The molecule has 0 aliphatic heterocycles. The van der Waals surface area contributed by atoms with E-state index in [0.29, 0.717) is 11.3 Å². The number of hydrogen-bond donors (Lipinski definition) is 1. The summed E-state index contributed by atoms with van der Waals surface area (Å²) >= 11 is 0. The second-order valence-corrected chi connectivity index (χ2v) is 4.25. The Morgan fingerprint density at radius 3 is 2.76 bits per heavy atom. The monoisotopic (exact) mass is 280 g/mol. The predicted octanol–water partition coefficient (Wildman–Crippen LogP) is 2.59. The molecule has 104 valence electrons. The number of nitrogens with two attached hydrogens (primary N) is 1. The Balaban J connectivity index is 2.17. The number of benzene rings is 2. The number of halogens is 1. The molecule has 2 N–H and O–H groups in total. The molecule has 0 radical (unpaired) electrons. The normalized spacial score (nSPS) is 9.38. The lowest BCUT2D eigenvalue weighted by Gasteiger charge is -2.08. The van der Waals surface area contributed by atoms with Crippen molar-refractivity contribution in [3.8, 4) is 23.7 Å². The summed E-state index contributed by atoms with van der Waals surface area (Å²) in [5, 5.41) is 8.83. The van der Waals surface area contributed by atoms with Crippen molar-refractivity contribution < 1.29 is 9.13 Å². The molecule has 0 amide bonds. The molecule has 21 heavy (non-hydrogen) atoms. The highest BCUT2D eigenvalue weighted by atomic mass is 19.1. The standard InChI is InChI=1S/C17H13FN2O/c18-16-9-13(11-20)8-14(10-16)12-21-17-6-2-1-4-15(17)5-3-7-19/h1-2,4,6,8-10H,7,12,19H2. The molecule has 0 fully saturated rings. The lowest BCUT2D eigenvalue weighted by molar-refractivity contribution is 0.304. The van der Waals surface area contributed by atoms with Gasteiger partial charge in [-0.25, -0.2) is 4.39 Å². The van der Waals surface area contributed by atoms with Gasteiger partial charge in [0.1, 0.15) is 18.2 Å². The number of hydrogen-bond acceptors (Lipinski definition) is 3. The molecule has 2 aromatic rings. The molecule has 2 rings (SSSR count). The zero-order valence-corrected chi connectivity index (χ0v) is 11.3. The Bertz CT molecular complexity index is 738. The average molecular weight is 280 g/mol. The molecule has 0 atom stereocenters. The van der Waals surface area contributed by atoms with Crippen LogP contribution in [0.4, 0.5) is 4.39 Å². The number of para-hydroxylation sites is 1. The Morgan fingerprint density at radius 1 is 1.19 bits per heavy atom. The summed E-state index contributed by atoms with van der Waals surface area (Å²) < 4.78 is 19.0. The van der Waals surface area contributed by atoms with Crippen LogP contribution >= 0.6 is 0 Å². The third-order valence-electron chi connectivity index (χ3n) is 2.69. The van der Waals surface area contributed by atoms with Gasteiger partial charge >= 0.3 is 0 Å². The average Bonchev–Trinajstić information content (AvgIpc) is 2.51. The van der Waals surface area contributed by atoms with Crippen LogP contribution in [0.15, 0.2) is 42.5 Å². The maximum Gasteiger partial charge on any atom is 0.135 e. The van der Waals surface area contributed by atoms with E-state index in [1.54, 1.807) is 12.1 Å². The summed E-state index contributed by atoms with van der Waals surface area (Å²) in [6.45, 7) is 0.428. The maximum absolute atomic E-state index is 13.3. The van der Waals surface area contributed by atoms with Crippen LogP contribution in [0.3, 0.4) is 0 Å². The van der Waals surface area contributed by atoms with Crippen molar-refractivity contribution in [1.29, 1.82) is 5.26 Å². The van der Waals surface area contributed by atoms with Crippen LogP contribution in [-0.4, -0.2) is 6.54 Å². The van der Waals surface area contributed by atoms with E-state index >= 15 is 0 Å². The fourth-order valence-corrected chi connectivity index (χ4v) is 1.80.